The van der Waals surface area contributed by atoms with Gasteiger partial charge in [0, 0.05) is 19.0 Å². The first-order valence-corrected chi connectivity index (χ1v) is 6.01. The highest BCUT2D eigenvalue weighted by atomic mass is 35.5. The van der Waals surface area contributed by atoms with Crippen molar-refractivity contribution in [3.8, 4) is 0 Å². The Morgan fingerprint density at radius 1 is 1.06 bits per heavy atom. The zero-order valence-electron chi connectivity index (χ0n) is 11.8. The molecule has 18 heavy (non-hydrogen) atoms. The summed E-state index contributed by atoms with van der Waals surface area (Å²) < 4.78 is 5.05. The van der Waals surface area contributed by atoms with Gasteiger partial charge in [-0.15, -0.1) is 12.4 Å². The molecule has 5 nitrogen and oxygen atoms in total. The molecule has 0 rings (SSSR count). The third kappa shape index (κ3) is 8.31. The normalized spacial score (nSPS) is 13.4. The second-order valence-electron chi connectivity index (χ2n) is 4.59. The summed E-state index contributed by atoms with van der Waals surface area (Å²) in [5, 5.41) is 5.67. The molecule has 2 atom stereocenters. The zero-order valence-corrected chi connectivity index (χ0v) is 12.6. The van der Waals surface area contributed by atoms with Gasteiger partial charge in [0.2, 0.25) is 5.91 Å². The maximum absolute atomic E-state index is 11.6. The van der Waals surface area contributed by atoms with Gasteiger partial charge in [0.25, 0.3) is 0 Å². The standard InChI is InChI=1S/C12H24N2O3.ClH/c1-8(2)17-12(16)10(4)7-14-11(15)9(3)6-13-5;/h8-10,13H,6-7H2,1-5H3,(H,14,15);1H. The molecule has 1 amide bonds. The number of hydrogen-bond donors (Lipinski definition) is 2. The lowest BCUT2D eigenvalue weighted by molar-refractivity contribution is -0.151. The van der Waals surface area contributed by atoms with Gasteiger partial charge in [-0.3, -0.25) is 9.59 Å². The number of carbonyl (C=O) groups excluding carboxylic acids is 2. The molecule has 0 spiro atoms. The van der Waals surface area contributed by atoms with Crippen LogP contribution in [0.2, 0.25) is 0 Å². The second-order valence-corrected chi connectivity index (χ2v) is 4.59. The van der Waals surface area contributed by atoms with Crippen molar-refractivity contribution in [1.82, 2.24) is 10.6 Å². The minimum Gasteiger partial charge on any atom is -0.463 e. The van der Waals surface area contributed by atoms with Crippen LogP contribution >= 0.6 is 12.4 Å². The molecule has 2 unspecified atom stereocenters. The molecule has 0 fully saturated rings. The molecule has 0 heterocycles. The first-order chi connectivity index (χ1) is 7.88. The van der Waals surface area contributed by atoms with E-state index in [0.717, 1.165) is 0 Å². The lowest BCUT2D eigenvalue weighted by atomic mass is 10.1. The molecule has 0 bridgehead atoms. The maximum atomic E-state index is 11.6. The minimum atomic E-state index is -0.317. The van der Waals surface area contributed by atoms with Crippen molar-refractivity contribution in [2.45, 2.75) is 33.8 Å². The van der Waals surface area contributed by atoms with E-state index in [-0.39, 0.29) is 42.2 Å². The van der Waals surface area contributed by atoms with E-state index in [1.54, 1.807) is 27.8 Å². The monoisotopic (exact) mass is 280 g/mol. The number of esters is 1. The lowest BCUT2D eigenvalue weighted by Gasteiger charge is -2.16. The average molecular weight is 281 g/mol. The summed E-state index contributed by atoms with van der Waals surface area (Å²) in [5.74, 6) is -0.749. The van der Waals surface area contributed by atoms with Crippen molar-refractivity contribution in [3.05, 3.63) is 0 Å². The fraction of sp³-hybridized carbons (Fsp3) is 0.833. The Balaban J connectivity index is 0. The average Bonchev–Trinajstić information content (AvgIpc) is 2.24. The number of rotatable bonds is 7. The van der Waals surface area contributed by atoms with Crippen LogP contribution in [-0.2, 0) is 14.3 Å². The van der Waals surface area contributed by atoms with Gasteiger partial charge in [-0.05, 0) is 20.9 Å². The van der Waals surface area contributed by atoms with E-state index in [1.165, 1.54) is 0 Å². The van der Waals surface area contributed by atoms with Crippen molar-refractivity contribution in [2.24, 2.45) is 11.8 Å². The third-order valence-electron chi connectivity index (χ3n) is 2.29. The molecule has 0 aliphatic heterocycles. The van der Waals surface area contributed by atoms with Gasteiger partial charge in [0.15, 0.2) is 0 Å². The number of ether oxygens (including phenoxy) is 1. The topological polar surface area (TPSA) is 67.4 Å². The van der Waals surface area contributed by atoms with Crippen LogP contribution in [0.1, 0.15) is 27.7 Å². The van der Waals surface area contributed by atoms with E-state index in [2.05, 4.69) is 10.6 Å². The van der Waals surface area contributed by atoms with Crippen LogP contribution in [0.25, 0.3) is 0 Å². The van der Waals surface area contributed by atoms with Crippen LogP contribution in [0.5, 0.6) is 0 Å². The highest BCUT2D eigenvalue weighted by Gasteiger charge is 2.18. The van der Waals surface area contributed by atoms with Gasteiger partial charge in [-0.2, -0.15) is 0 Å². The molecule has 0 saturated carbocycles. The molecule has 0 aromatic carbocycles. The largest absolute Gasteiger partial charge is 0.463 e. The van der Waals surface area contributed by atoms with Gasteiger partial charge in [0.1, 0.15) is 0 Å². The number of hydrogen-bond acceptors (Lipinski definition) is 4. The summed E-state index contributed by atoms with van der Waals surface area (Å²) in [4.78, 5) is 23.1. The van der Waals surface area contributed by atoms with E-state index in [0.29, 0.717) is 13.1 Å². The molecule has 2 N–H and O–H groups in total. The molecule has 0 saturated heterocycles. The van der Waals surface area contributed by atoms with Gasteiger partial charge < -0.3 is 15.4 Å². The van der Waals surface area contributed by atoms with Crippen molar-refractivity contribution in [3.63, 3.8) is 0 Å². The Morgan fingerprint density at radius 3 is 2.06 bits per heavy atom. The Labute approximate surface area is 115 Å². The fourth-order valence-electron chi connectivity index (χ4n) is 1.26. The SMILES string of the molecule is CNCC(C)C(=O)NCC(C)C(=O)OC(C)C.Cl. The Morgan fingerprint density at radius 2 is 1.61 bits per heavy atom. The van der Waals surface area contributed by atoms with Crippen LogP contribution in [0, 0.1) is 11.8 Å². The summed E-state index contributed by atoms with van der Waals surface area (Å²) in [6.07, 6.45) is -0.121. The minimum absolute atomic E-state index is 0. The predicted molar refractivity (Wildman–Crippen MR) is 73.7 cm³/mol. The second kappa shape index (κ2) is 10.1. The predicted octanol–water partition coefficient (Wildman–Crippen LogP) is 0.968. The molecule has 0 aliphatic carbocycles. The zero-order chi connectivity index (χ0) is 13.4. The summed E-state index contributed by atoms with van der Waals surface area (Å²) >= 11 is 0. The first kappa shape index (κ1) is 19.5. The maximum Gasteiger partial charge on any atom is 0.310 e. The van der Waals surface area contributed by atoms with Gasteiger partial charge in [-0.25, -0.2) is 0 Å². The lowest BCUT2D eigenvalue weighted by Crippen LogP contribution is -2.38. The molecular weight excluding hydrogens is 256 g/mol. The molecule has 0 aliphatic rings. The Hall–Kier alpha value is -0.810. The third-order valence-corrected chi connectivity index (χ3v) is 2.29. The summed E-state index contributed by atoms with van der Waals surface area (Å²) in [6, 6.07) is 0. The number of nitrogens with one attached hydrogen (secondary N) is 2. The smallest absolute Gasteiger partial charge is 0.310 e. The van der Waals surface area contributed by atoms with Crippen molar-refractivity contribution in [2.75, 3.05) is 20.1 Å². The van der Waals surface area contributed by atoms with Crippen molar-refractivity contribution >= 4 is 24.3 Å². The first-order valence-electron chi connectivity index (χ1n) is 6.01. The summed E-state index contributed by atoms with van der Waals surface area (Å²) in [5.41, 5.74) is 0. The molecule has 0 aromatic heterocycles. The highest BCUT2D eigenvalue weighted by molar-refractivity contribution is 5.85. The number of carbonyl (C=O) groups is 2. The molecule has 0 aromatic rings. The molecular formula is C12H25ClN2O3. The van der Waals surface area contributed by atoms with Gasteiger partial charge in [0.05, 0.1) is 12.0 Å². The number of amides is 1. The quantitative estimate of drug-likeness (QED) is 0.682. The van der Waals surface area contributed by atoms with Gasteiger partial charge >= 0.3 is 5.97 Å². The Bertz CT molecular complexity index is 260. The molecule has 0 radical (unpaired) electrons. The van der Waals surface area contributed by atoms with Crippen LogP contribution < -0.4 is 10.6 Å². The Kier molecular flexibility index (Phi) is 11.0. The van der Waals surface area contributed by atoms with Crippen molar-refractivity contribution in [1.29, 1.82) is 0 Å². The fourth-order valence-corrected chi connectivity index (χ4v) is 1.26. The highest BCUT2D eigenvalue weighted by Crippen LogP contribution is 2.01. The van der Waals surface area contributed by atoms with E-state index in [9.17, 15) is 9.59 Å². The van der Waals surface area contributed by atoms with Crippen LogP contribution in [0.15, 0.2) is 0 Å². The summed E-state index contributed by atoms with van der Waals surface area (Å²) in [6.45, 7) is 8.13. The molecule has 108 valence electrons. The van der Waals surface area contributed by atoms with E-state index in [4.69, 9.17) is 4.74 Å². The van der Waals surface area contributed by atoms with E-state index >= 15 is 0 Å². The van der Waals surface area contributed by atoms with E-state index < -0.39 is 0 Å². The summed E-state index contributed by atoms with van der Waals surface area (Å²) in [7, 11) is 1.80. The van der Waals surface area contributed by atoms with Gasteiger partial charge in [-0.1, -0.05) is 13.8 Å². The number of halogens is 1. The van der Waals surface area contributed by atoms with Crippen molar-refractivity contribution < 1.29 is 14.3 Å². The molecule has 6 heteroatoms. The van der Waals surface area contributed by atoms with E-state index in [1.807, 2.05) is 6.92 Å². The van der Waals surface area contributed by atoms with Crippen LogP contribution in [0.4, 0.5) is 0 Å². The van der Waals surface area contributed by atoms with Crippen LogP contribution in [0.3, 0.4) is 0 Å². The van der Waals surface area contributed by atoms with Crippen LogP contribution in [-0.4, -0.2) is 38.1 Å².